The highest BCUT2D eigenvalue weighted by Gasteiger charge is 2.09. The topological polar surface area (TPSA) is 72.5 Å². The number of anilines is 1. The molecule has 0 aromatic heterocycles. The Kier molecular flexibility index (Phi) is 3.88. The Morgan fingerprint density at radius 1 is 1.50 bits per heavy atom. The summed E-state index contributed by atoms with van der Waals surface area (Å²) in [6, 6.07) is 2.68. The molecule has 0 aliphatic rings. The Bertz CT molecular complexity index is 456. The van der Waals surface area contributed by atoms with Crippen molar-refractivity contribution in [2.24, 2.45) is 4.99 Å². The highest BCUT2D eigenvalue weighted by Crippen LogP contribution is 2.26. The predicted molar refractivity (Wildman–Crippen MR) is 59.6 cm³/mol. The number of nitrogens with zero attached hydrogens (tertiary/aromatic N) is 1. The molecule has 0 radical (unpaired) electrons. The van der Waals surface area contributed by atoms with Crippen molar-refractivity contribution in [1.82, 2.24) is 0 Å². The van der Waals surface area contributed by atoms with Gasteiger partial charge in [0, 0.05) is 0 Å². The summed E-state index contributed by atoms with van der Waals surface area (Å²) in [5, 5.41) is 0. The number of nitrogens with two attached hydrogens (primary N) is 1. The first-order valence-corrected chi connectivity index (χ1v) is 4.69. The lowest BCUT2D eigenvalue weighted by atomic mass is 10.1. The van der Waals surface area contributed by atoms with Gasteiger partial charge in [0.25, 0.3) is 0 Å². The van der Waals surface area contributed by atoms with Crippen molar-refractivity contribution in [3.05, 3.63) is 23.5 Å². The van der Waals surface area contributed by atoms with Crippen molar-refractivity contribution in [2.45, 2.75) is 13.3 Å². The maximum absolute atomic E-state index is 13.4. The van der Waals surface area contributed by atoms with Gasteiger partial charge in [-0.05, 0) is 18.6 Å². The first-order valence-electron chi connectivity index (χ1n) is 4.69. The molecule has 0 bridgehead atoms. The number of benzene rings is 1. The van der Waals surface area contributed by atoms with E-state index in [1.54, 1.807) is 6.92 Å². The third kappa shape index (κ3) is 2.31. The predicted octanol–water partition coefficient (Wildman–Crippen LogP) is 1.90. The number of nitrogen functional groups attached to an aromatic ring is 1. The fraction of sp³-hybridized carbons (Fsp3) is 0.182. The molecule has 1 aromatic carbocycles. The average Bonchev–Trinajstić information content (AvgIpc) is 2.31. The van der Waals surface area contributed by atoms with Crippen LogP contribution in [0.5, 0.6) is 0 Å². The molecule has 0 spiro atoms. The minimum atomic E-state index is -0.808. The van der Waals surface area contributed by atoms with E-state index in [0.717, 1.165) is 0 Å². The first kappa shape index (κ1) is 12.0. The molecule has 16 heavy (non-hydrogen) atoms. The third-order valence-electron chi connectivity index (χ3n) is 2.08. The zero-order valence-electron chi connectivity index (χ0n) is 8.74. The summed E-state index contributed by atoms with van der Waals surface area (Å²) >= 11 is 0. The summed E-state index contributed by atoms with van der Waals surface area (Å²) in [5.74, 6) is -0.808. The second-order valence-electron chi connectivity index (χ2n) is 3.09. The lowest BCUT2D eigenvalue weighted by Gasteiger charge is -2.04. The van der Waals surface area contributed by atoms with E-state index in [0.29, 0.717) is 19.0 Å². The second kappa shape index (κ2) is 5.16. The number of carbonyl (C=O) groups is 2. The van der Waals surface area contributed by atoms with Crippen molar-refractivity contribution in [1.29, 1.82) is 0 Å². The molecule has 5 heteroatoms. The molecule has 0 aliphatic heterocycles. The van der Waals surface area contributed by atoms with Crippen LogP contribution in [0.2, 0.25) is 0 Å². The van der Waals surface area contributed by atoms with Crippen LogP contribution < -0.4 is 5.73 Å². The van der Waals surface area contributed by atoms with Gasteiger partial charge in [0.1, 0.15) is 0 Å². The molecule has 0 aliphatic carbocycles. The number of aliphatic imine (C=N–C) groups is 1. The molecule has 2 N–H and O–H groups in total. The Morgan fingerprint density at radius 2 is 2.19 bits per heavy atom. The standard InChI is InChI=1S/C11H11FN2O2/c1-2-8(6-16)14-9-4-3-7(5-15)10(12)11(9)13/h3-6H,2,13H2,1H3. The van der Waals surface area contributed by atoms with Gasteiger partial charge in [-0.2, -0.15) is 0 Å². The van der Waals surface area contributed by atoms with E-state index in [1.807, 2.05) is 0 Å². The van der Waals surface area contributed by atoms with E-state index >= 15 is 0 Å². The largest absolute Gasteiger partial charge is 0.395 e. The van der Waals surface area contributed by atoms with Gasteiger partial charge in [0.2, 0.25) is 0 Å². The molecule has 0 heterocycles. The second-order valence-corrected chi connectivity index (χ2v) is 3.09. The first-order chi connectivity index (χ1) is 7.63. The van der Waals surface area contributed by atoms with Crippen LogP contribution in [0.4, 0.5) is 15.8 Å². The smallest absolute Gasteiger partial charge is 0.164 e. The molecule has 4 nitrogen and oxygen atoms in total. The van der Waals surface area contributed by atoms with Gasteiger partial charge < -0.3 is 5.73 Å². The van der Waals surface area contributed by atoms with Gasteiger partial charge in [-0.15, -0.1) is 0 Å². The van der Waals surface area contributed by atoms with E-state index in [-0.39, 0.29) is 22.6 Å². The van der Waals surface area contributed by atoms with Crippen LogP contribution in [0.25, 0.3) is 0 Å². The molecule has 0 saturated heterocycles. The van der Waals surface area contributed by atoms with Crippen molar-refractivity contribution >= 4 is 29.7 Å². The van der Waals surface area contributed by atoms with Crippen LogP contribution in [0.1, 0.15) is 23.7 Å². The summed E-state index contributed by atoms with van der Waals surface area (Å²) in [5.41, 5.74) is 5.54. The van der Waals surface area contributed by atoms with Gasteiger partial charge in [0.05, 0.1) is 22.6 Å². The Balaban J connectivity index is 3.27. The normalized spacial score (nSPS) is 11.2. The van der Waals surface area contributed by atoms with Crippen LogP contribution in [0, 0.1) is 5.82 Å². The molecule has 0 atom stereocenters. The summed E-state index contributed by atoms with van der Waals surface area (Å²) < 4.78 is 13.4. The van der Waals surface area contributed by atoms with Crippen molar-refractivity contribution in [3.8, 4) is 0 Å². The average molecular weight is 222 g/mol. The minimum Gasteiger partial charge on any atom is -0.395 e. The SMILES string of the molecule is CCC(C=O)=Nc1ccc(C=O)c(F)c1N. The summed E-state index contributed by atoms with van der Waals surface area (Å²) in [7, 11) is 0. The molecule has 0 fully saturated rings. The van der Waals surface area contributed by atoms with Gasteiger partial charge in [-0.3, -0.25) is 9.59 Å². The summed E-state index contributed by atoms with van der Waals surface area (Å²) in [4.78, 5) is 24.9. The third-order valence-corrected chi connectivity index (χ3v) is 2.08. The Hall–Kier alpha value is -2.04. The number of halogens is 1. The molecule has 1 rings (SSSR count). The monoisotopic (exact) mass is 222 g/mol. The lowest BCUT2D eigenvalue weighted by Crippen LogP contribution is -2.00. The number of aldehydes is 2. The number of hydrogen-bond acceptors (Lipinski definition) is 4. The van der Waals surface area contributed by atoms with E-state index in [2.05, 4.69) is 4.99 Å². The fourth-order valence-electron chi connectivity index (χ4n) is 1.13. The molecular formula is C11H11FN2O2. The van der Waals surface area contributed by atoms with Gasteiger partial charge in [0.15, 0.2) is 18.4 Å². The minimum absolute atomic E-state index is 0.124. The number of hydrogen-bond donors (Lipinski definition) is 1. The van der Waals surface area contributed by atoms with Crippen molar-refractivity contribution in [3.63, 3.8) is 0 Å². The zero-order chi connectivity index (χ0) is 12.1. The summed E-state index contributed by atoms with van der Waals surface area (Å²) in [6.45, 7) is 1.75. The van der Waals surface area contributed by atoms with Crippen LogP contribution in [0.3, 0.4) is 0 Å². The molecule has 1 aromatic rings. The summed E-state index contributed by atoms with van der Waals surface area (Å²) in [6.07, 6.45) is 1.39. The molecule has 0 unspecified atom stereocenters. The van der Waals surface area contributed by atoms with Crippen LogP contribution in [-0.4, -0.2) is 18.3 Å². The Morgan fingerprint density at radius 3 is 2.69 bits per heavy atom. The van der Waals surface area contributed by atoms with E-state index in [1.165, 1.54) is 12.1 Å². The highest BCUT2D eigenvalue weighted by atomic mass is 19.1. The van der Waals surface area contributed by atoms with Crippen LogP contribution in [0.15, 0.2) is 17.1 Å². The number of rotatable bonds is 4. The molecule has 0 amide bonds. The van der Waals surface area contributed by atoms with Crippen LogP contribution in [-0.2, 0) is 4.79 Å². The van der Waals surface area contributed by atoms with Crippen molar-refractivity contribution in [2.75, 3.05) is 5.73 Å². The molecular weight excluding hydrogens is 211 g/mol. The van der Waals surface area contributed by atoms with Crippen LogP contribution >= 0.6 is 0 Å². The van der Waals surface area contributed by atoms with E-state index in [9.17, 15) is 14.0 Å². The maximum Gasteiger partial charge on any atom is 0.164 e. The van der Waals surface area contributed by atoms with E-state index in [4.69, 9.17) is 5.73 Å². The molecule has 0 saturated carbocycles. The zero-order valence-corrected chi connectivity index (χ0v) is 8.74. The Labute approximate surface area is 92.0 Å². The highest BCUT2D eigenvalue weighted by molar-refractivity contribution is 6.28. The number of carbonyl (C=O) groups excluding carboxylic acids is 2. The lowest BCUT2D eigenvalue weighted by molar-refractivity contribution is -0.102. The quantitative estimate of drug-likeness (QED) is 0.480. The van der Waals surface area contributed by atoms with Gasteiger partial charge >= 0.3 is 0 Å². The molecule has 84 valence electrons. The fourth-order valence-corrected chi connectivity index (χ4v) is 1.13. The van der Waals surface area contributed by atoms with Crippen molar-refractivity contribution < 1.29 is 14.0 Å². The van der Waals surface area contributed by atoms with Gasteiger partial charge in [-0.1, -0.05) is 6.92 Å². The van der Waals surface area contributed by atoms with E-state index < -0.39 is 5.82 Å². The maximum atomic E-state index is 13.4. The van der Waals surface area contributed by atoms with Gasteiger partial charge in [-0.25, -0.2) is 9.38 Å².